The zero-order valence-corrected chi connectivity index (χ0v) is 18.1. The Labute approximate surface area is 187 Å². The standard InChI is InChI=1S/C25H28FN3O3/c1-15(30)27-13-19-14-29(25(31)32-19)18-7-8-20(23(26)11-18)17-9-21-22(10-17)24(21)28-12-16-5-3-2-4-6-16/h2-8,11,17,19,21-22,24,28H,9-10,12-14H2,1H3,(H,27,30)/t17?,19-,21-,22+,24?/m0/s1. The van der Waals surface area contributed by atoms with E-state index in [4.69, 9.17) is 4.74 Å². The topological polar surface area (TPSA) is 70.7 Å². The third kappa shape index (κ3) is 4.21. The third-order valence-electron chi connectivity index (χ3n) is 7.02. The van der Waals surface area contributed by atoms with Gasteiger partial charge in [-0.3, -0.25) is 9.69 Å². The Hall–Kier alpha value is -2.93. The number of hydrogen-bond acceptors (Lipinski definition) is 4. The lowest BCUT2D eigenvalue weighted by molar-refractivity contribution is -0.119. The van der Waals surface area contributed by atoms with Crippen LogP contribution in [0.5, 0.6) is 0 Å². The highest BCUT2D eigenvalue weighted by Crippen LogP contribution is 2.58. The Morgan fingerprint density at radius 1 is 1.16 bits per heavy atom. The fourth-order valence-electron chi connectivity index (χ4n) is 5.34. The Kier molecular flexibility index (Phi) is 5.59. The second-order valence-corrected chi connectivity index (χ2v) is 9.15. The molecule has 0 bridgehead atoms. The molecule has 0 radical (unpaired) electrons. The molecular weight excluding hydrogens is 409 g/mol. The average Bonchev–Trinajstić information content (AvgIpc) is 3.09. The van der Waals surface area contributed by atoms with Crippen LogP contribution in [0, 0.1) is 17.7 Å². The van der Waals surface area contributed by atoms with Gasteiger partial charge in [-0.25, -0.2) is 9.18 Å². The Morgan fingerprint density at radius 3 is 2.59 bits per heavy atom. The minimum atomic E-state index is -0.512. The fourth-order valence-corrected chi connectivity index (χ4v) is 5.34. The summed E-state index contributed by atoms with van der Waals surface area (Å²) in [5.74, 6) is 1.02. The monoisotopic (exact) mass is 437 g/mol. The van der Waals surface area contributed by atoms with Crippen LogP contribution in [0.3, 0.4) is 0 Å². The van der Waals surface area contributed by atoms with E-state index in [9.17, 15) is 14.0 Å². The van der Waals surface area contributed by atoms with Gasteiger partial charge < -0.3 is 15.4 Å². The number of anilines is 1. The summed E-state index contributed by atoms with van der Waals surface area (Å²) in [4.78, 5) is 24.7. The average molecular weight is 438 g/mol. The highest BCUT2D eigenvalue weighted by molar-refractivity contribution is 5.89. The minimum Gasteiger partial charge on any atom is -0.442 e. The van der Waals surface area contributed by atoms with Gasteiger partial charge in [-0.15, -0.1) is 0 Å². The summed E-state index contributed by atoms with van der Waals surface area (Å²) < 4.78 is 20.3. The van der Waals surface area contributed by atoms with E-state index in [-0.39, 0.29) is 24.2 Å². The van der Waals surface area contributed by atoms with E-state index in [1.165, 1.54) is 23.5 Å². The van der Waals surface area contributed by atoms with Gasteiger partial charge in [0.05, 0.1) is 18.8 Å². The molecule has 0 spiro atoms. The molecule has 7 heteroatoms. The van der Waals surface area contributed by atoms with Crippen molar-refractivity contribution in [2.24, 2.45) is 11.8 Å². The van der Waals surface area contributed by atoms with Gasteiger partial charge >= 0.3 is 6.09 Å². The summed E-state index contributed by atoms with van der Waals surface area (Å²) in [7, 11) is 0. The Morgan fingerprint density at radius 2 is 1.91 bits per heavy atom. The van der Waals surface area contributed by atoms with Crippen molar-refractivity contribution in [2.75, 3.05) is 18.0 Å². The highest BCUT2D eigenvalue weighted by Gasteiger charge is 2.56. The maximum absolute atomic E-state index is 15.0. The lowest BCUT2D eigenvalue weighted by Gasteiger charge is -2.19. The molecule has 6 nitrogen and oxygen atoms in total. The van der Waals surface area contributed by atoms with E-state index in [0.717, 1.165) is 24.9 Å². The number of cyclic esters (lactones) is 1. The molecule has 5 rings (SSSR count). The number of carbonyl (C=O) groups excluding carboxylic acids is 2. The van der Waals surface area contributed by atoms with Crippen molar-refractivity contribution >= 4 is 17.7 Å². The molecule has 32 heavy (non-hydrogen) atoms. The van der Waals surface area contributed by atoms with Gasteiger partial charge in [0.15, 0.2) is 0 Å². The molecule has 1 saturated heterocycles. The van der Waals surface area contributed by atoms with Crippen LogP contribution in [0.1, 0.15) is 36.8 Å². The zero-order chi connectivity index (χ0) is 22.2. The number of nitrogens with one attached hydrogen (secondary N) is 2. The van der Waals surface area contributed by atoms with Crippen LogP contribution in [-0.4, -0.2) is 37.2 Å². The number of nitrogens with zero attached hydrogens (tertiary/aromatic N) is 1. The van der Waals surface area contributed by atoms with Gasteiger partial charge in [0, 0.05) is 19.5 Å². The van der Waals surface area contributed by atoms with E-state index in [1.807, 2.05) is 12.1 Å². The molecule has 2 N–H and O–H groups in total. The van der Waals surface area contributed by atoms with Crippen molar-refractivity contribution in [1.29, 1.82) is 0 Å². The van der Waals surface area contributed by atoms with Crippen molar-refractivity contribution in [3.8, 4) is 0 Å². The van der Waals surface area contributed by atoms with E-state index in [2.05, 4.69) is 34.9 Å². The predicted octanol–water partition coefficient (Wildman–Crippen LogP) is 3.57. The molecule has 2 aromatic rings. The van der Waals surface area contributed by atoms with Crippen molar-refractivity contribution in [3.63, 3.8) is 0 Å². The van der Waals surface area contributed by atoms with Gasteiger partial charge in [-0.05, 0) is 53.9 Å². The van der Waals surface area contributed by atoms with Crippen LogP contribution in [-0.2, 0) is 16.1 Å². The number of amides is 2. The van der Waals surface area contributed by atoms with E-state index < -0.39 is 12.2 Å². The molecule has 1 aliphatic heterocycles. The second kappa shape index (κ2) is 8.54. The molecule has 2 aromatic carbocycles. The fraction of sp³-hybridized carbons (Fsp3) is 0.440. The maximum Gasteiger partial charge on any atom is 0.414 e. The number of rotatable bonds is 7. The molecule has 2 amide bonds. The number of fused-ring (bicyclic) bond motifs is 1. The summed E-state index contributed by atoms with van der Waals surface area (Å²) in [5, 5.41) is 6.30. The molecular formula is C25H28FN3O3. The molecule has 2 unspecified atom stereocenters. The van der Waals surface area contributed by atoms with Gasteiger partial charge in [0.2, 0.25) is 5.91 Å². The summed E-state index contributed by atoms with van der Waals surface area (Å²) in [6.45, 7) is 2.83. The molecule has 2 saturated carbocycles. The van der Waals surface area contributed by atoms with Crippen molar-refractivity contribution in [1.82, 2.24) is 10.6 Å². The number of carbonyl (C=O) groups is 2. The molecule has 3 aliphatic rings. The van der Waals surface area contributed by atoms with E-state index >= 15 is 0 Å². The first-order valence-corrected chi connectivity index (χ1v) is 11.3. The SMILES string of the molecule is CC(=O)NC[C@H]1CN(c2ccc(C3C[C@@H]4C(NCc5ccccc5)[C@@H]4C3)c(F)c2)C(=O)O1. The second-order valence-electron chi connectivity index (χ2n) is 9.15. The summed E-state index contributed by atoms with van der Waals surface area (Å²) in [5.41, 5.74) is 2.52. The number of benzene rings is 2. The van der Waals surface area contributed by atoms with Gasteiger partial charge in [-0.1, -0.05) is 36.4 Å². The lowest BCUT2D eigenvalue weighted by Crippen LogP contribution is -2.33. The number of hydrogen-bond donors (Lipinski definition) is 2. The molecule has 5 atom stereocenters. The van der Waals surface area contributed by atoms with E-state index in [0.29, 0.717) is 30.1 Å². The largest absolute Gasteiger partial charge is 0.442 e. The quantitative estimate of drug-likeness (QED) is 0.695. The van der Waals surface area contributed by atoms with Gasteiger partial charge in [0.1, 0.15) is 11.9 Å². The Bertz CT molecular complexity index is 1000. The van der Waals surface area contributed by atoms with Crippen LogP contribution >= 0.6 is 0 Å². The van der Waals surface area contributed by atoms with Crippen molar-refractivity contribution < 1.29 is 18.7 Å². The molecule has 3 fully saturated rings. The maximum atomic E-state index is 15.0. The first-order valence-electron chi connectivity index (χ1n) is 11.3. The van der Waals surface area contributed by atoms with Gasteiger partial charge in [0.25, 0.3) is 0 Å². The normalized spacial score (nSPS) is 28.4. The molecule has 2 aliphatic carbocycles. The predicted molar refractivity (Wildman–Crippen MR) is 119 cm³/mol. The Balaban J connectivity index is 1.16. The first-order chi connectivity index (χ1) is 15.5. The van der Waals surface area contributed by atoms with Crippen LogP contribution in [0.4, 0.5) is 14.9 Å². The highest BCUT2D eigenvalue weighted by atomic mass is 19.1. The zero-order valence-electron chi connectivity index (χ0n) is 18.1. The summed E-state index contributed by atoms with van der Waals surface area (Å²) in [6.07, 6.45) is 1.05. The number of ether oxygens (including phenoxy) is 1. The molecule has 168 valence electrons. The summed E-state index contributed by atoms with van der Waals surface area (Å²) in [6, 6.07) is 16.0. The first kappa shape index (κ1) is 20.9. The van der Waals surface area contributed by atoms with Crippen molar-refractivity contribution in [3.05, 3.63) is 65.5 Å². The minimum absolute atomic E-state index is 0.179. The van der Waals surface area contributed by atoms with Crippen LogP contribution < -0.4 is 15.5 Å². The van der Waals surface area contributed by atoms with Crippen LogP contribution in [0.15, 0.2) is 48.5 Å². The van der Waals surface area contributed by atoms with Gasteiger partial charge in [-0.2, -0.15) is 0 Å². The lowest BCUT2D eigenvalue weighted by atomic mass is 9.92. The van der Waals surface area contributed by atoms with Crippen molar-refractivity contribution in [2.45, 2.75) is 44.4 Å². The third-order valence-corrected chi connectivity index (χ3v) is 7.02. The molecule has 0 aromatic heterocycles. The van der Waals surface area contributed by atoms with E-state index in [1.54, 1.807) is 6.07 Å². The molecule has 1 heterocycles. The number of halogens is 1. The smallest absolute Gasteiger partial charge is 0.414 e. The van der Waals surface area contributed by atoms with Crippen LogP contribution in [0.2, 0.25) is 0 Å². The van der Waals surface area contributed by atoms with Crippen LogP contribution in [0.25, 0.3) is 0 Å². The summed E-state index contributed by atoms with van der Waals surface area (Å²) >= 11 is 0.